The fourth-order valence-corrected chi connectivity index (χ4v) is 3.01. The number of anilines is 1. The smallest absolute Gasteiger partial charge is 0.286 e. The van der Waals surface area contributed by atoms with Gasteiger partial charge in [0.25, 0.3) is 5.82 Å². The zero-order chi connectivity index (χ0) is 16.3. The summed E-state index contributed by atoms with van der Waals surface area (Å²) in [7, 11) is 0. The number of rotatable bonds is 4. The van der Waals surface area contributed by atoms with Gasteiger partial charge < -0.3 is 0 Å². The van der Waals surface area contributed by atoms with Gasteiger partial charge in [0.2, 0.25) is 0 Å². The van der Waals surface area contributed by atoms with Crippen molar-refractivity contribution in [2.75, 3.05) is 5.73 Å². The maximum atomic E-state index is 9.51. The second-order valence-electron chi connectivity index (χ2n) is 5.73. The molecule has 0 amide bonds. The molecule has 3 N–H and O–H groups in total. The summed E-state index contributed by atoms with van der Waals surface area (Å²) in [6.07, 6.45) is 2.04. The lowest BCUT2D eigenvalue weighted by Crippen LogP contribution is -2.23. The largest absolute Gasteiger partial charge is 0.289 e. The van der Waals surface area contributed by atoms with Crippen LogP contribution in [-0.4, -0.2) is 0 Å². The number of hydrogen-bond donors (Lipinski definition) is 1. The highest BCUT2D eigenvalue weighted by molar-refractivity contribution is 9.10. The molecule has 2 aromatic rings. The minimum atomic E-state index is 0.446. The lowest BCUT2D eigenvalue weighted by atomic mass is 9.91. The van der Waals surface area contributed by atoms with Gasteiger partial charge in [0.15, 0.2) is 0 Å². The molecule has 1 aromatic heterocycles. The molecule has 0 aliphatic carbocycles. The van der Waals surface area contributed by atoms with Gasteiger partial charge in [-0.25, -0.2) is 4.98 Å². The van der Waals surface area contributed by atoms with Gasteiger partial charge in [-0.3, -0.25) is 5.73 Å². The second-order valence-corrected chi connectivity index (χ2v) is 6.65. The van der Waals surface area contributed by atoms with Crippen molar-refractivity contribution >= 4 is 21.7 Å². The summed E-state index contributed by atoms with van der Waals surface area (Å²) in [5, 5.41) is 9.51. The van der Waals surface area contributed by atoms with E-state index in [9.17, 15) is 5.26 Å². The van der Waals surface area contributed by atoms with Crippen LogP contribution < -0.4 is 10.7 Å². The number of aromatic amines is 1. The van der Waals surface area contributed by atoms with E-state index in [-0.39, 0.29) is 0 Å². The third-order valence-corrected chi connectivity index (χ3v) is 4.60. The monoisotopic (exact) mass is 358 g/mol. The maximum Gasteiger partial charge on any atom is 0.289 e. The molecular weight excluding hydrogens is 338 g/mol. The number of pyridine rings is 1. The summed E-state index contributed by atoms with van der Waals surface area (Å²) in [5.41, 5.74) is 10.8. The van der Waals surface area contributed by atoms with E-state index in [0.29, 0.717) is 17.3 Å². The second kappa shape index (κ2) is 6.93. The number of nitrogens with one attached hydrogen (secondary N) is 1. The number of nitrogens with zero attached hydrogens (tertiary/aromatic N) is 1. The molecule has 114 valence electrons. The molecule has 0 unspecified atom stereocenters. The van der Waals surface area contributed by atoms with Crippen LogP contribution in [0, 0.1) is 24.2 Å². The molecule has 4 heteroatoms. The first-order valence-electron chi connectivity index (χ1n) is 7.48. The number of hydrogen-bond acceptors (Lipinski definition) is 2. The zero-order valence-corrected chi connectivity index (χ0v) is 14.8. The minimum Gasteiger partial charge on any atom is -0.286 e. The Morgan fingerprint density at radius 2 is 2.14 bits per heavy atom. The lowest BCUT2D eigenvalue weighted by molar-refractivity contribution is -0.374. The van der Waals surface area contributed by atoms with Gasteiger partial charge in [0, 0.05) is 22.0 Å². The van der Waals surface area contributed by atoms with E-state index in [1.807, 2.05) is 24.3 Å². The average molecular weight is 359 g/mol. The van der Waals surface area contributed by atoms with E-state index in [1.165, 1.54) is 0 Å². The Labute approximate surface area is 140 Å². The van der Waals surface area contributed by atoms with Crippen LogP contribution in [0.5, 0.6) is 0 Å². The molecule has 0 spiro atoms. The summed E-state index contributed by atoms with van der Waals surface area (Å²) < 4.78 is 0.989. The molecular formula is C18H21BrN3+. The van der Waals surface area contributed by atoms with Crippen molar-refractivity contribution in [2.45, 2.75) is 33.6 Å². The van der Waals surface area contributed by atoms with E-state index in [4.69, 9.17) is 5.73 Å². The van der Waals surface area contributed by atoms with Crippen molar-refractivity contribution < 1.29 is 4.98 Å². The summed E-state index contributed by atoms with van der Waals surface area (Å²) in [6.45, 7) is 6.47. The van der Waals surface area contributed by atoms with E-state index in [2.05, 4.69) is 47.8 Å². The van der Waals surface area contributed by atoms with Gasteiger partial charge >= 0.3 is 0 Å². The Hall–Kier alpha value is -1.86. The molecule has 0 saturated heterocycles. The molecule has 0 bridgehead atoms. The van der Waals surface area contributed by atoms with Crippen molar-refractivity contribution in [1.82, 2.24) is 0 Å². The summed E-state index contributed by atoms with van der Waals surface area (Å²) in [6, 6.07) is 10.2. The van der Waals surface area contributed by atoms with Crippen molar-refractivity contribution in [1.29, 1.82) is 5.26 Å². The van der Waals surface area contributed by atoms with Crippen molar-refractivity contribution in [3.8, 4) is 17.2 Å². The number of halogens is 1. The molecule has 22 heavy (non-hydrogen) atoms. The number of aromatic nitrogens is 1. The Kier molecular flexibility index (Phi) is 5.20. The van der Waals surface area contributed by atoms with Gasteiger partial charge in [-0.1, -0.05) is 48.3 Å². The third-order valence-electron chi connectivity index (χ3n) is 4.11. The third kappa shape index (κ3) is 3.31. The summed E-state index contributed by atoms with van der Waals surface area (Å²) >= 11 is 3.50. The number of nitriles is 1. The van der Waals surface area contributed by atoms with Gasteiger partial charge in [0.1, 0.15) is 17.3 Å². The van der Waals surface area contributed by atoms with Crippen LogP contribution >= 0.6 is 15.9 Å². The van der Waals surface area contributed by atoms with E-state index in [0.717, 1.165) is 39.7 Å². The molecule has 0 saturated carbocycles. The van der Waals surface area contributed by atoms with Crippen LogP contribution in [0.15, 0.2) is 28.7 Å². The van der Waals surface area contributed by atoms with Crippen LogP contribution in [0.2, 0.25) is 0 Å². The first kappa shape index (κ1) is 16.5. The predicted molar refractivity (Wildman–Crippen MR) is 93.2 cm³/mol. The maximum absolute atomic E-state index is 9.51. The van der Waals surface area contributed by atoms with Crippen molar-refractivity contribution in [2.24, 2.45) is 5.92 Å². The SMILES string of the molecule is CC[C@H](C)Cc1[nH+]c(N)c(C#N)c(-c2cccc(Br)c2)c1C. The Bertz CT molecular complexity index is 732. The Morgan fingerprint density at radius 1 is 1.41 bits per heavy atom. The van der Waals surface area contributed by atoms with Gasteiger partial charge in [-0.2, -0.15) is 5.26 Å². The van der Waals surface area contributed by atoms with Crippen LogP contribution in [0.1, 0.15) is 37.1 Å². The molecule has 0 fully saturated rings. The molecule has 1 heterocycles. The summed E-state index contributed by atoms with van der Waals surface area (Å²) in [5.74, 6) is 1.01. The highest BCUT2D eigenvalue weighted by Crippen LogP contribution is 2.32. The molecule has 0 radical (unpaired) electrons. The fourth-order valence-electron chi connectivity index (χ4n) is 2.61. The summed E-state index contributed by atoms with van der Waals surface area (Å²) in [4.78, 5) is 3.23. The first-order valence-corrected chi connectivity index (χ1v) is 8.27. The fraction of sp³-hybridized carbons (Fsp3) is 0.333. The van der Waals surface area contributed by atoms with Crippen LogP contribution in [0.3, 0.4) is 0 Å². The number of nitrogen functional groups attached to an aromatic ring is 1. The lowest BCUT2D eigenvalue weighted by Gasteiger charge is -2.14. The highest BCUT2D eigenvalue weighted by Gasteiger charge is 2.21. The van der Waals surface area contributed by atoms with Gasteiger partial charge in [-0.05, 0) is 30.5 Å². The predicted octanol–water partition coefficient (Wildman–Crippen LogP) is 4.28. The van der Waals surface area contributed by atoms with Crippen LogP contribution in [0.25, 0.3) is 11.1 Å². The standard InChI is InChI=1S/C18H20BrN3/c1-4-11(2)8-16-12(3)17(15(10-20)18(21)22-16)13-6-5-7-14(19)9-13/h5-7,9,11H,4,8H2,1-3H3,(H2,21,22)/p+1/t11-/m0/s1. The Morgan fingerprint density at radius 3 is 2.73 bits per heavy atom. The van der Waals surface area contributed by atoms with Crippen LogP contribution in [0.4, 0.5) is 5.82 Å². The Balaban J connectivity index is 2.67. The first-order chi connectivity index (χ1) is 10.5. The molecule has 2 rings (SSSR count). The molecule has 1 aromatic carbocycles. The molecule has 3 nitrogen and oxygen atoms in total. The minimum absolute atomic E-state index is 0.446. The van der Waals surface area contributed by atoms with Gasteiger partial charge in [0.05, 0.1) is 0 Å². The number of H-pyrrole nitrogens is 1. The normalized spacial score (nSPS) is 12.0. The number of nitrogens with two attached hydrogens (primary N) is 1. The quantitative estimate of drug-likeness (QED) is 0.886. The van der Waals surface area contributed by atoms with E-state index >= 15 is 0 Å². The topological polar surface area (TPSA) is 63.9 Å². The van der Waals surface area contributed by atoms with E-state index < -0.39 is 0 Å². The average Bonchev–Trinajstić information content (AvgIpc) is 2.49. The van der Waals surface area contributed by atoms with Gasteiger partial charge in [-0.15, -0.1) is 0 Å². The highest BCUT2D eigenvalue weighted by atomic mass is 79.9. The number of benzene rings is 1. The zero-order valence-electron chi connectivity index (χ0n) is 13.2. The molecule has 1 atom stereocenters. The van der Waals surface area contributed by atoms with Crippen molar-refractivity contribution in [3.05, 3.63) is 45.6 Å². The molecule has 0 aliphatic rings. The molecule has 0 aliphatic heterocycles. The van der Waals surface area contributed by atoms with Crippen molar-refractivity contribution in [3.63, 3.8) is 0 Å². The van der Waals surface area contributed by atoms with Crippen LogP contribution in [-0.2, 0) is 6.42 Å². The van der Waals surface area contributed by atoms with E-state index in [1.54, 1.807) is 0 Å².